The number of carbonyl (C=O) groups excluding carboxylic acids is 2. The highest BCUT2D eigenvalue weighted by Gasteiger charge is 2.39. The SMILES string of the molecule is Cc1c(C(=O)N(CC2CC2)CC2CC2)oc2c1C(=O)CC(C)(C)C2. The van der Waals surface area contributed by atoms with Crippen molar-refractivity contribution in [1.82, 2.24) is 4.90 Å². The summed E-state index contributed by atoms with van der Waals surface area (Å²) in [5.74, 6) is 2.57. The van der Waals surface area contributed by atoms with E-state index in [0.29, 0.717) is 29.6 Å². The molecule has 130 valence electrons. The Morgan fingerprint density at radius 1 is 1.12 bits per heavy atom. The Morgan fingerprint density at radius 2 is 1.71 bits per heavy atom. The van der Waals surface area contributed by atoms with Crippen LogP contribution in [0.25, 0.3) is 0 Å². The molecule has 0 N–H and O–H groups in total. The minimum atomic E-state index is -0.0869. The zero-order valence-corrected chi connectivity index (χ0v) is 15.0. The molecule has 0 saturated heterocycles. The molecule has 4 heteroatoms. The quantitative estimate of drug-likeness (QED) is 0.820. The molecule has 0 unspecified atom stereocenters. The molecule has 1 heterocycles. The van der Waals surface area contributed by atoms with Crippen molar-refractivity contribution >= 4 is 11.7 Å². The van der Waals surface area contributed by atoms with Gasteiger partial charge >= 0.3 is 0 Å². The van der Waals surface area contributed by atoms with Crippen molar-refractivity contribution in [2.75, 3.05) is 13.1 Å². The van der Waals surface area contributed by atoms with Crippen LogP contribution in [0.2, 0.25) is 0 Å². The number of carbonyl (C=O) groups is 2. The van der Waals surface area contributed by atoms with Gasteiger partial charge in [-0.05, 0) is 49.9 Å². The van der Waals surface area contributed by atoms with Gasteiger partial charge < -0.3 is 9.32 Å². The van der Waals surface area contributed by atoms with Gasteiger partial charge in [0.15, 0.2) is 11.5 Å². The van der Waals surface area contributed by atoms with E-state index in [-0.39, 0.29) is 17.1 Å². The van der Waals surface area contributed by atoms with Gasteiger partial charge in [-0.25, -0.2) is 0 Å². The lowest BCUT2D eigenvalue weighted by atomic mass is 9.76. The van der Waals surface area contributed by atoms with E-state index < -0.39 is 0 Å². The molecule has 0 atom stereocenters. The smallest absolute Gasteiger partial charge is 0.289 e. The summed E-state index contributed by atoms with van der Waals surface area (Å²) in [6, 6.07) is 0. The molecule has 0 aromatic carbocycles. The predicted octanol–water partition coefficient (Wildman–Crippen LogP) is 4.01. The van der Waals surface area contributed by atoms with E-state index in [1.54, 1.807) is 0 Å². The second kappa shape index (κ2) is 5.47. The Kier molecular flexibility index (Phi) is 3.63. The van der Waals surface area contributed by atoms with Crippen molar-refractivity contribution in [2.45, 2.75) is 59.3 Å². The predicted molar refractivity (Wildman–Crippen MR) is 91.2 cm³/mol. The van der Waals surface area contributed by atoms with Crippen LogP contribution in [-0.4, -0.2) is 29.7 Å². The molecule has 2 fully saturated rings. The van der Waals surface area contributed by atoms with Crippen molar-refractivity contribution in [3.05, 3.63) is 22.6 Å². The highest BCUT2D eigenvalue weighted by atomic mass is 16.4. The molecule has 0 radical (unpaired) electrons. The van der Waals surface area contributed by atoms with Crippen LogP contribution in [0.4, 0.5) is 0 Å². The molecule has 3 aliphatic carbocycles. The molecule has 0 aliphatic heterocycles. The molecule has 24 heavy (non-hydrogen) atoms. The lowest BCUT2D eigenvalue weighted by molar-refractivity contribution is 0.0701. The van der Waals surface area contributed by atoms with Crippen molar-refractivity contribution in [3.8, 4) is 0 Å². The van der Waals surface area contributed by atoms with Crippen LogP contribution in [0.5, 0.6) is 0 Å². The fourth-order valence-corrected chi connectivity index (χ4v) is 3.89. The van der Waals surface area contributed by atoms with Crippen LogP contribution in [0.3, 0.4) is 0 Å². The largest absolute Gasteiger partial charge is 0.455 e. The van der Waals surface area contributed by atoms with E-state index in [0.717, 1.165) is 30.8 Å². The second-order valence-electron chi connectivity index (χ2n) is 8.89. The van der Waals surface area contributed by atoms with E-state index in [1.807, 2.05) is 11.8 Å². The fraction of sp³-hybridized carbons (Fsp3) is 0.700. The van der Waals surface area contributed by atoms with Crippen LogP contribution in [-0.2, 0) is 6.42 Å². The van der Waals surface area contributed by atoms with Gasteiger partial charge in [0, 0.05) is 31.5 Å². The molecule has 3 aliphatic rings. The van der Waals surface area contributed by atoms with Gasteiger partial charge in [-0.2, -0.15) is 0 Å². The summed E-state index contributed by atoms with van der Waals surface area (Å²) in [4.78, 5) is 27.6. The summed E-state index contributed by atoms with van der Waals surface area (Å²) in [7, 11) is 0. The average molecular weight is 329 g/mol. The molecule has 4 rings (SSSR count). The first-order chi connectivity index (χ1) is 11.3. The summed E-state index contributed by atoms with van der Waals surface area (Å²) in [5.41, 5.74) is 1.35. The average Bonchev–Trinajstić information content (AvgIpc) is 3.38. The Bertz CT molecular complexity index is 678. The number of rotatable bonds is 5. The molecule has 2 saturated carbocycles. The first kappa shape index (κ1) is 15.9. The lowest BCUT2D eigenvalue weighted by Gasteiger charge is -2.27. The van der Waals surface area contributed by atoms with Crippen molar-refractivity contribution < 1.29 is 14.0 Å². The number of nitrogens with zero attached hydrogens (tertiary/aromatic N) is 1. The number of hydrogen-bond donors (Lipinski definition) is 0. The van der Waals surface area contributed by atoms with Gasteiger partial charge in [0.1, 0.15) is 5.76 Å². The number of hydrogen-bond acceptors (Lipinski definition) is 3. The first-order valence-electron chi connectivity index (χ1n) is 9.29. The summed E-state index contributed by atoms with van der Waals surface area (Å²) >= 11 is 0. The van der Waals surface area contributed by atoms with E-state index in [9.17, 15) is 9.59 Å². The Morgan fingerprint density at radius 3 is 2.25 bits per heavy atom. The van der Waals surface area contributed by atoms with Gasteiger partial charge in [0.2, 0.25) is 0 Å². The maximum absolute atomic E-state index is 13.1. The van der Waals surface area contributed by atoms with Crippen LogP contribution in [0.1, 0.15) is 78.2 Å². The maximum Gasteiger partial charge on any atom is 0.289 e. The van der Waals surface area contributed by atoms with Gasteiger partial charge in [0.25, 0.3) is 5.91 Å². The third-order valence-electron chi connectivity index (χ3n) is 5.61. The zero-order chi connectivity index (χ0) is 17.1. The van der Waals surface area contributed by atoms with Crippen LogP contribution >= 0.6 is 0 Å². The summed E-state index contributed by atoms with van der Waals surface area (Å²) in [6.07, 6.45) is 6.18. The van der Waals surface area contributed by atoms with Crippen LogP contribution in [0.15, 0.2) is 4.42 Å². The molecule has 4 nitrogen and oxygen atoms in total. The monoisotopic (exact) mass is 329 g/mol. The number of fused-ring (bicyclic) bond motifs is 1. The van der Waals surface area contributed by atoms with Crippen molar-refractivity contribution in [1.29, 1.82) is 0 Å². The normalized spacial score (nSPS) is 22.4. The van der Waals surface area contributed by atoms with Gasteiger partial charge in [-0.3, -0.25) is 9.59 Å². The Labute approximate surface area is 143 Å². The topological polar surface area (TPSA) is 50.5 Å². The minimum absolute atomic E-state index is 0.00805. The number of Topliss-reactive ketones (excluding diaryl/α,β-unsaturated/α-hetero) is 1. The van der Waals surface area contributed by atoms with Crippen LogP contribution < -0.4 is 0 Å². The third-order valence-corrected chi connectivity index (χ3v) is 5.61. The second-order valence-corrected chi connectivity index (χ2v) is 8.89. The summed E-state index contributed by atoms with van der Waals surface area (Å²) < 4.78 is 5.98. The molecule has 0 bridgehead atoms. The molecule has 1 amide bonds. The van der Waals surface area contributed by atoms with Crippen LogP contribution in [0, 0.1) is 24.2 Å². The van der Waals surface area contributed by atoms with Gasteiger partial charge in [0.05, 0.1) is 5.56 Å². The molecular formula is C20H27NO3. The number of furan rings is 1. The highest BCUT2D eigenvalue weighted by molar-refractivity contribution is 6.03. The van der Waals surface area contributed by atoms with E-state index in [1.165, 1.54) is 25.7 Å². The van der Waals surface area contributed by atoms with E-state index in [2.05, 4.69) is 13.8 Å². The lowest BCUT2D eigenvalue weighted by Crippen LogP contribution is -2.35. The standard InChI is InChI=1S/C20H27NO3/c1-12-17-15(22)8-20(2,3)9-16(17)24-18(12)19(23)21(10-13-4-5-13)11-14-6-7-14/h13-14H,4-11H2,1-3H3. The molecule has 1 aromatic rings. The highest BCUT2D eigenvalue weighted by Crippen LogP contribution is 2.39. The van der Waals surface area contributed by atoms with Gasteiger partial charge in [-0.1, -0.05) is 13.8 Å². The third kappa shape index (κ3) is 3.03. The number of ketones is 1. The van der Waals surface area contributed by atoms with Gasteiger partial charge in [-0.15, -0.1) is 0 Å². The summed E-state index contributed by atoms with van der Waals surface area (Å²) in [6.45, 7) is 7.73. The van der Waals surface area contributed by atoms with E-state index in [4.69, 9.17) is 4.42 Å². The Hall–Kier alpha value is -1.58. The number of amides is 1. The molecule has 1 aromatic heterocycles. The summed E-state index contributed by atoms with van der Waals surface area (Å²) in [5, 5.41) is 0. The Balaban J connectivity index is 1.62. The molecule has 0 spiro atoms. The fourth-order valence-electron chi connectivity index (χ4n) is 3.89. The minimum Gasteiger partial charge on any atom is -0.455 e. The van der Waals surface area contributed by atoms with Crippen molar-refractivity contribution in [2.24, 2.45) is 17.3 Å². The van der Waals surface area contributed by atoms with E-state index >= 15 is 0 Å². The zero-order valence-electron chi connectivity index (χ0n) is 15.0. The maximum atomic E-state index is 13.1. The first-order valence-corrected chi connectivity index (χ1v) is 9.29. The molecular weight excluding hydrogens is 302 g/mol. The van der Waals surface area contributed by atoms with Crippen molar-refractivity contribution in [3.63, 3.8) is 0 Å².